The second kappa shape index (κ2) is 9.45. The number of anilines is 1. The minimum atomic E-state index is -3.81. The molecule has 0 heterocycles. The van der Waals surface area contributed by atoms with Gasteiger partial charge in [-0.2, -0.15) is 0 Å². The summed E-state index contributed by atoms with van der Waals surface area (Å²) in [4.78, 5) is 12.1. The monoisotopic (exact) mass is 406 g/mol. The number of amides is 1. The zero-order valence-corrected chi connectivity index (χ0v) is 17.3. The van der Waals surface area contributed by atoms with Crippen LogP contribution in [0.2, 0.25) is 0 Å². The molecule has 8 heteroatoms. The number of hydrogen-bond donors (Lipinski definition) is 2. The molecule has 2 N–H and O–H groups in total. The Morgan fingerprint density at radius 3 is 2.21 bits per heavy atom. The molecule has 0 saturated heterocycles. The average Bonchev–Trinajstić information content (AvgIpc) is 2.67. The third-order valence-corrected chi connectivity index (χ3v) is 5.45. The van der Waals surface area contributed by atoms with Crippen LogP contribution in [0.25, 0.3) is 0 Å². The van der Waals surface area contributed by atoms with E-state index in [-0.39, 0.29) is 10.8 Å². The summed E-state index contributed by atoms with van der Waals surface area (Å²) in [6, 6.07) is 10.6. The summed E-state index contributed by atoms with van der Waals surface area (Å²) < 4.78 is 38.0. The van der Waals surface area contributed by atoms with E-state index >= 15 is 0 Å². The number of benzene rings is 2. The van der Waals surface area contributed by atoms with E-state index in [1.54, 1.807) is 24.3 Å². The lowest BCUT2D eigenvalue weighted by Crippen LogP contribution is -2.25. The predicted molar refractivity (Wildman–Crippen MR) is 109 cm³/mol. The normalized spacial score (nSPS) is 11.2. The van der Waals surface area contributed by atoms with Crippen molar-refractivity contribution in [1.82, 2.24) is 5.32 Å². The lowest BCUT2D eigenvalue weighted by molar-refractivity contribution is 0.0952. The van der Waals surface area contributed by atoms with Crippen molar-refractivity contribution in [2.45, 2.75) is 25.2 Å². The van der Waals surface area contributed by atoms with E-state index in [4.69, 9.17) is 9.47 Å². The number of methoxy groups -OCH3 is 2. The smallest absolute Gasteiger partial charge is 0.262 e. The summed E-state index contributed by atoms with van der Waals surface area (Å²) in [6.07, 6.45) is 0.898. The number of carbonyl (C=O) groups excluding carboxylic acids is 1. The SMILES string of the molecule is COc1ccc(S(=O)(=O)Nc2ccc(C(=O)NCCC(C)C)cc2)cc1OC. The van der Waals surface area contributed by atoms with Crippen molar-refractivity contribution < 1.29 is 22.7 Å². The Bertz CT molecular complexity index is 909. The van der Waals surface area contributed by atoms with Gasteiger partial charge < -0.3 is 14.8 Å². The van der Waals surface area contributed by atoms with Crippen molar-refractivity contribution in [3.8, 4) is 11.5 Å². The van der Waals surface area contributed by atoms with Crippen LogP contribution in [0.1, 0.15) is 30.6 Å². The molecule has 2 aromatic rings. The van der Waals surface area contributed by atoms with Crippen molar-refractivity contribution in [3.63, 3.8) is 0 Å². The number of hydrogen-bond acceptors (Lipinski definition) is 5. The van der Waals surface area contributed by atoms with Gasteiger partial charge in [-0.05, 0) is 48.7 Å². The molecule has 0 spiro atoms. The Morgan fingerprint density at radius 2 is 1.64 bits per heavy atom. The van der Waals surface area contributed by atoms with Crippen LogP contribution in [-0.4, -0.2) is 35.1 Å². The first kappa shape index (κ1) is 21.6. The summed E-state index contributed by atoms with van der Waals surface area (Å²) in [5.74, 6) is 1.08. The lowest BCUT2D eigenvalue weighted by Gasteiger charge is -2.12. The van der Waals surface area contributed by atoms with Gasteiger partial charge in [-0.3, -0.25) is 9.52 Å². The number of ether oxygens (including phenoxy) is 2. The fourth-order valence-corrected chi connectivity index (χ4v) is 3.54. The predicted octanol–water partition coefficient (Wildman–Crippen LogP) is 3.28. The van der Waals surface area contributed by atoms with Crippen LogP contribution in [0.3, 0.4) is 0 Å². The van der Waals surface area contributed by atoms with Gasteiger partial charge in [0.05, 0.1) is 19.1 Å². The van der Waals surface area contributed by atoms with E-state index in [2.05, 4.69) is 23.9 Å². The fourth-order valence-electron chi connectivity index (χ4n) is 2.46. The molecule has 28 heavy (non-hydrogen) atoms. The van der Waals surface area contributed by atoms with Crippen molar-refractivity contribution in [2.24, 2.45) is 5.92 Å². The number of rotatable bonds is 9. The Morgan fingerprint density at radius 1 is 1.00 bits per heavy atom. The topological polar surface area (TPSA) is 93.7 Å². The average molecular weight is 407 g/mol. The first-order valence-corrected chi connectivity index (χ1v) is 10.4. The highest BCUT2D eigenvalue weighted by Gasteiger charge is 2.17. The molecular formula is C20H26N2O5S. The molecule has 0 bridgehead atoms. The maximum atomic E-state index is 12.6. The van der Waals surface area contributed by atoms with E-state index < -0.39 is 10.0 Å². The maximum Gasteiger partial charge on any atom is 0.262 e. The molecule has 1 amide bonds. The third-order valence-electron chi connectivity index (χ3n) is 4.07. The first-order chi connectivity index (χ1) is 13.3. The van der Waals surface area contributed by atoms with Gasteiger partial charge in [-0.25, -0.2) is 8.42 Å². The van der Waals surface area contributed by atoms with Crippen molar-refractivity contribution in [3.05, 3.63) is 48.0 Å². The highest BCUT2D eigenvalue weighted by molar-refractivity contribution is 7.92. The van der Waals surface area contributed by atoms with Crippen LogP contribution < -0.4 is 19.5 Å². The van der Waals surface area contributed by atoms with E-state index in [9.17, 15) is 13.2 Å². The molecule has 7 nitrogen and oxygen atoms in total. The molecule has 0 aliphatic heterocycles. The van der Waals surface area contributed by atoms with Crippen LogP contribution in [-0.2, 0) is 10.0 Å². The van der Waals surface area contributed by atoms with Crippen molar-refractivity contribution >= 4 is 21.6 Å². The molecule has 0 aliphatic rings. The molecule has 0 unspecified atom stereocenters. The maximum absolute atomic E-state index is 12.6. The van der Waals surface area contributed by atoms with E-state index in [1.807, 2.05) is 0 Å². The molecule has 0 aliphatic carbocycles. The van der Waals surface area contributed by atoms with Gasteiger partial charge in [0, 0.05) is 23.9 Å². The number of nitrogens with one attached hydrogen (secondary N) is 2. The number of carbonyl (C=O) groups is 1. The molecule has 0 fully saturated rings. The van der Waals surface area contributed by atoms with Crippen LogP contribution in [0.5, 0.6) is 11.5 Å². The van der Waals surface area contributed by atoms with Gasteiger partial charge >= 0.3 is 0 Å². The zero-order valence-electron chi connectivity index (χ0n) is 16.5. The number of sulfonamides is 1. The molecule has 0 aromatic heterocycles. The summed E-state index contributed by atoms with van der Waals surface area (Å²) in [5.41, 5.74) is 0.825. The van der Waals surface area contributed by atoms with Gasteiger partial charge in [0.25, 0.3) is 15.9 Å². The summed E-state index contributed by atoms with van der Waals surface area (Å²) in [7, 11) is -0.900. The standard InChI is InChI=1S/C20H26N2O5S/c1-14(2)11-12-21-20(23)15-5-7-16(8-6-15)22-28(24,25)17-9-10-18(26-3)19(13-17)27-4/h5-10,13-14,22H,11-12H2,1-4H3,(H,21,23). The Kier molecular flexibility index (Phi) is 7.28. The van der Waals surface area contributed by atoms with Gasteiger partial charge in [-0.1, -0.05) is 13.8 Å². The first-order valence-electron chi connectivity index (χ1n) is 8.90. The van der Waals surface area contributed by atoms with Gasteiger partial charge in [0.2, 0.25) is 0 Å². The zero-order chi connectivity index (χ0) is 20.7. The van der Waals surface area contributed by atoms with E-state index in [0.29, 0.717) is 35.2 Å². The molecule has 2 rings (SSSR count). The highest BCUT2D eigenvalue weighted by Crippen LogP contribution is 2.30. The van der Waals surface area contributed by atoms with Crippen molar-refractivity contribution in [1.29, 1.82) is 0 Å². The highest BCUT2D eigenvalue weighted by atomic mass is 32.2. The molecule has 152 valence electrons. The molecule has 2 aromatic carbocycles. The lowest BCUT2D eigenvalue weighted by atomic mass is 10.1. The third kappa shape index (κ3) is 5.63. The largest absolute Gasteiger partial charge is 0.493 e. The minimum Gasteiger partial charge on any atom is -0.493 e. The second-order valence-corrected chi connectivity index (χ2v) is 8.32. The summed E-state index contributed by atoms with van der Waals surface area (Å²) in [5, 5.41) is 2.84. The van der Waals surface area contributed by atoms with Crippen LogP contribution in [0.4, 0.5) is 5.69 Å². The minimum absolute atomic E-state index is 0.0423. The fraction of sp³-hybridized carbons (Fsp3) is 0.350. The summed E-state index contributed by atoms with van der Waals surface area (Å²) in [6.45, 7) is 4.78. The van der Waals surface area contributed by atoms with E-state index in [0.717, 1.165) is 6.42 Å². The molecule has 0 saturated carbocycles. The molecular weight excluding hydrogens is 380 g/mol. The quantitative estimate of drug-likeness (QED) is 0.667. The Balaban J connectivity index is 2.09. The molecule has 0 atom stereocenters. The summed E-state index contributed by atoms with van der Waals surface area (Å²) >= 11 is 0. The van der Waals surface area contributed by atoms with Crippen molar-refractivity contribution in [2.75, 3.05) is 25.5 Å². The van der Waals surface area contributed by atoms with Gasteiger partial charge in [0.15, 0.2) is 11.5 Å². The Labute approximate surface area is 166 Å². The van der Waals surface area contributed by atoms with Gasteiger partial charge in [-0.15, -0.1) is 0 Å². The van der Waals surface area contributed by atoms with Crippen LogP contribution >= 0.6 is 0 Å². The second-order valence-electron chi connectivity index (χ2n) is 6.64. The van der Waals surface area contributed by atoms with Crippen LogP contribution in [0, 0.1) is 5.92 Å². The van der Waals surface area contributed by atoms with Gasteiger partial charge in [0.1, 0.15) is 0 Å². The van der Waals surface area contributed by atoms with Crippen LogP contribution in [0.15, 0.2) is 47.4 Å². The Hall–Kier alpha value is -2.74. The van der Waals surface area contributed by atoms with E-state index in [1.165, 1.54) is 32.4 Å². The molecule has 0 radical (unpaired) electrons.